The zero-order valence-corrected chi connectivity index (χ0v) is 10.3. The van der Waals surface area contributed by atoms with E-state index in [1.165, 1.54) is 12.8 Å². The Hall–Kier alpha value is -1.36. The number of carbonyl (C=O) groups is 1. The van der Waals surface area contributed by atoms with Crippen molar-refractivity contribution in [1.29, 1.82) is 0 Å². The van der Waals surface area contributed by atoms with Crippen molar-refractivity contribution in [3.8, 4) is 0 Å². The molecule has 17 heavy (non-hydrogen) atoms. The number of piperidine rings is 1. The molecule has 0 bridgehead atoms. The molecule has 1 fully saturated rings. The van der Waals surface area contributed by atoms with Crippen LogP contribution in [0, 0.1) is 5.92 Å². The highest BCUT2D eigenvalue weighted by atomic mass is 16.1. The van der Waals surface area contributed by atoms with Crippen molar-refractivity contribution in [1.82, 2.24) is 15.1 Å². The number of carbonyl (C=O) groups excluding carboxylic acids is 1. The average molecular weight is 236 g/mol. The molecule has 0 saturated carbocycles. The Morgan fingerprint density at radius 3 is 3.24 bits per heavy atom. The van der Waals surface area contributed by atoms with Crippen LogP contribution >= 0.6 is 0 Å². The molecule has 1 amide bonds. The molecule has 0 aromatic carbocycles. The lowest BCUT2D eigenvalue weighted by Crippen LogP contribution is -2.30. The van der Waals surface area contributed by atoms with E-state index in [9.17, 15) is 4.79 Å². The lowest BCUT2D eigenvalue weighted by Gasteiger charge is -2.22. The first-order valence-corrected chi connectivity index (χ1v) is 6.23. The van der Waals surface area contributed by atoms with Gasteiger partial charge in [0.2, 0.25) is 5.91 Å². The largest absolute Gasteiger partial charge is 0.323 e. The van der Waals surface area contributed by atoms with Crippen molar-refractivity contribution < 1.29 is 4.79 Å². The molecule has 1 aliphatic rings. The summed E-state index contributed by atoms with van der Waals surface area (Å²) in [7, 11) is 1.84. The Kier molecular flexibility index (Phi) is 4.14. The van der Waals surface area contributed by atoms with Crippen LogP contribution in [-0.2, 0) is 11.8 Å². The molecule has 0 aliphatic carbocycles. The first-order valence-electron chi connectivity index (χ1n) is 6.23. The smallest absolute Gasteiger partial charge is 0.224 e. The van der Waals surface area contributed by atoms with Gasteiger partial charge in [0.25, 0.3) is 0 Å². The molecular weight excluding hydrogens is 216 g/mol. The van der Waals surface area contributed by atoms with E-state index >= 15 is 0 Å². The fourth-order valence-corrected chi connectivity index (χ4v) is 2.21. The maximum absolute atomic E-state index is 11.7. The van der Waals surface area contributed by atoms with E-state index in [1.807, 2.05) is 7.05 Å². The van der Waals surface area contributed by atoms with Crippen LogP contribution in [0.5, 0.6) is 0 Å². The summed E-state index contributed by atoms with van der Waals surface area (Å²) in [5, 5.41) is 10.2. The summed E-state index contributed by atoms with van der Waals surface area (Å²) in [6.45, 7) is 2.18. The number of hydrogen-bond donors (Lipinski definition) is 2. The number of nitrogens with zero attached hydrogens (tertiary/aromatic N) is 2. The van der Waals surface area contributed by atoms with E-state index in [0.717, 1.165) is 25.2 Å². The van der Waals surface area contributed by atoms with Gasteiger partial charge in [0, 0.05) is 19.7 Å². The van der Waals surface area contributed by atoms with Gasteiger partial charge in [0.1, 0.15) is 0 Å². The van der Waals surface area contributed by atoms with Gasteiger partial charge in [-0.2, -0.15) is 5.10 Å². The SMILES string of the molecule is Cn1cc(NC(=O)CCC2CCCNC2)cn1. The lowest BCUT2D eigenvalue weighted by atomic mass is 9.94. The molecule has 0 radical (unpaired) electrons. The van der Waals surface area contributed by atoms with Gasteiger partial charge in [-0.05, 0) is 38.3 Å². The summed E-state index contributed by atoms with van der Waals surface area (Å²) in [5.41, 5.74) is 0.777. The summed E-state index contributed by atoms with van der Waals surface area (Å²) < 4.78 is 1.68. The standard InChI is InChI=1S/C12H20N4O/c1-16-9-11(8-14-16)15-12(17)5-4-10-3-2-6-13-7-10/h8-10,13H,2-7H2,1H3,(H,15,17). The summed E-state index contributed by atoms with van der Waals surface area (Å²) in [6.07, 6.45) is 7.52. The number of anilines is 1. The van der Waals surface area contributed by atoms with Gasteiger partial charge in [-0.3, -0.25) is 9.48 Å². The van der Waals surface area contributed by atoms with Crippen molar-refractivity contribution in [3.05, 3.63) is 12.4 Å². The van der Waals surface area contributed by atoms with Crippen molar-refractivity contribution in [2.75, 3.05) is 18.4 Å². The molecule has 1 atom stereocenters. The number of rotatable bonds is 4. The highest BCUT2D eigenvalue weighted by Gasteiger charge is 2.14. The molecule has 2 N–H and O–H groups in total. The molecule has 0 spiro atoms. The number of nitrogens with one attached hydrogen (secondary N) is 2. The maximum Gasteiger partial charge on any atom is 0.224 e. The number of aromatic nitrogens is 2. The molecular formula is C12H20N4O. The topological polar surface area (TPSA) is 59.0 Å². The summed E-state index contributed by atoms with van der Waals surface area (Å²) >= 11 is 0. The minimum absolute atomic E-state index is 0.0866. The molecule has 2 rings (SSSR count). The van der Waals surface area contributed by atoms with Crippen LogP contribution in [0.25, 0.3) is 0 Å². The van der Waals surface area contributed by atoms with Gasteiger partial charge in [-0.1, -0.05) is 0 Å². The molecule has 1 unspecified atom stereocenters. The van der Waals surface area contributed by atoms with E-state index < -0.39 is 0 Å². The number of amides is 1. The quantitative estimate of drug-likeness (QED) is 0.824. The molecule has 1 aromatic heterocycles. The molecule has 1 aromatic rings. The molecule has 5 heteroatoms. The summed E-state index contributed by atoms with van der Waals surface area (Å²) in [4.78, 5) is 11.7. The van der Waals surface area contributed by atoms with Gasteiger partial charge >= 0.3 is 0 Å². The predicted molar refractivity (Wildman–Crippen MR) is 66.7 cm³/mol. The monoisotopic (exact) mass is 236 g/mol. The highest BCUT2D eigenvalue weighted by Crippen LogP contribution is 2.16. The second kappa shape index (κ2) is 5.82. The van der Waals surface area contributed by atoms with E-state index in [0.29, 0.717) is 12.3 Å². The average Bonchev–Trinajstić information content (AvgIpc) is 2.73. The van der Waals surface area contributed by atoms with E-state index in [1.54, 1.807) is 17.1 Å². The van der Waals surface area contributed by atoms with Crippen molar-refractivity contribution >= 4 is 11.6 Å². The minimum atomic E-state index is 0.0866. The van der Waals surface area contributed by atoms with Gasteiger partial charge in [0.05, 0.1) is 11.9 Å². The van der Waals surface area contributed by atoms with E-state index in [-0.39, 0.29) is 5.91 Å². The third-order valence-electron chi connectivity index (χ3n) is 3.17. The second-order valence-electron chi connectivity index (χ2n) is 4.70. The van der Waals surface area contributed by atoms with Crippen molar-refractivity contribution in [3.63, 3.8) is 0 Å². The number of hydrogen-bond acceptors (Lipinski definition) is 3. The molecule has 5 nitrogen and oxygen atoms in total. The van der Waals surface area contributed by atoms with Gasteiger partial charge in [-0.15, -0.1) is 0 Å². The fraction of sp³-hybridized carbons (Fsp3) is 0.667. The Bertz CT molecular complexity index is 368. The number of aryl methyl sites for hydroxylation is 1. The highest BCUT2D eigenvalue weighted by molar-refractivity contribution is 5.90. The van der Waals surface area contributed by atoms with Crippen LogP contribution in [-0.4, -0.2) is 28.8 Å². The molecule has 1 saturated heterocycles. The Balaban J connectivity index is 1.70. The molecule has 1 aliphatic heterocycles. The Labute approximate surface area is 102 Å². The zero-order chi connectivity index (χ0) is 12.1. The van der Waals surface area contributed by atoms with Crippen LogP contribution in [0.4, 0.5) is 5.69 Å². The first-order chi connectivity index (χ1) is 8.24. The van der Waals surface area contributed by atoms with Crippen LogP contribution in [0.1, 0.15) is 25.7 Å². The van der Waals surface area contributed by atoms with Crippen molar-refractivity contribution in [2.45, 2.75) is 25.7 Å². The van der Waals surface area contributed by atoms with E-state index in [4.69, 9.17) is 0 Å². The minimum Gasteiger partial charge on any atom is -0.323 e. The van der Waals surface area contributed by atoms with Crippen molar-refractivity contribution in [2.24, 2.45) is 13.0 Å². The third-order valence-corrected chi connectivity index (χ3v) is 3.17. The van der Waals surface area contributed by atoms with Crippen LogP contribution in [0.15, 0.2) is 12.4 Å². The second-order valence-corrected chi connectivity index (χ2v) is 4.70. The predicted octanol–water partition coefficient (Wildman–Crippen LogP) is 1.14. The molecule has 94 valence electrons. The third kappa shape index (κ3) is 3.85. The molecule has 2 heterocycles. The first kappa shape index (κ1) is 12.1. The maximum atomic E-state index is 11.7. The Morgan fingerprint density at radius 2 is 2.59 bits per heavy atom. The normalized spacial score (nSPS) is 20.2. The summed E-state index contributed by atoms with van der Waals surface area (Å²) in [6, 6.07) is 0. The van der Waals surface area contributed by atoms with Gasteiger partial charge in [-0.25, -0.2) is 0 Å². The zero-order valence-electron chi connectivity index (χ0n) is 10.3. The fourth-order valence-electron chi connectivity index (χ4n) is 2.21. The van der Waals surface area contributed by atoms with Crippen LogP contribution in [0.3, 0.4) is 0 Å². The van der Waals surface area contributed by atoms with Gasteiger partial charge < -0.3 is 10.6 Å². The summed E-state index contributed by atoms with van der Waals surface area (Å²) in [5.74, 6) is 0.743. The van der Waals surface area contributed by atoms with E-state index in [2.05, 4.69) is 15.7 Å². The van der Waals surface area contributed by atoms with Crippen LogP contribution < -0.4 is 10.6 Å². The van der Waals surface area contributed by atoms with Crippen LogP contribution in [0.2, 0.25) is 0 Å². The lowest BCUT2D eigenvalue weighted by molar-refractivity contribution is -0.116. The van der Waals surface area contributed by atoms with Gasteiger partial charge in [0.15, 0.2) is 0 Å². The Morgan fingerprint density at radius 1 is 1.71 bits per heavy atom.